The van der Waals surface area contributed by atoms with E-state index in [1.807, 2.05) is 64.1 Å². The van der Waals surface area contributed by atoms with Crippen molar-refractivity contribution in [3.8, 4) is 0 Å². The first-order chi connectivity index (χ1) is 10.9. The molecule has 0 aliphatic rings. The molecule has 5 nitrogen and oxygen atoms in total. The summed E-state index contributed by atoms with van der Waals surface area (Å²) in [6.45, 7) is 7.53. The van der Waals surface area contributed by atoms with Crippen LogP contribution in [0.2, 0.25) is 0 Å². The Morgan fingerprint density at radius 2 is 1.43 bits per heavy atom. The highest BCUT2D eigenvalue weighted by atomic mass is 16.3. The summed E-state index contributed by atoms with van der Waals surface area (Å²) in [7, 11) is 0. The minimum atomic E-state index is -0.273. The summed E-state index contributed by atoms with van der Waals surface area (Å²) in [6.07, 6.45) is 0. The fraction of sp³-hybridized carbons (Fsp3) is 0.278. The Hall–Kier alpha value is -2.69. The summed E-state index contributed by atoms with van der Waals surface area (Å²) in [6, 6.07) is 11.5. The Morgan fingerprint density at radius 1 is 0.957 bits per heavy atom. The smallest absolute Gasteiger partial charge is 0.246 e. The van der Waals surface area contributed by atoms with Crippen molar-refractivity contribution in [3.63, 3.8) is 0 Å². The highest BCUT2D eigenvalue weighted by molar-refractivity contribution is 5.95. The predicted octanol–water partition coefficient (Wildman–Crippen LogP) is 4.05. The zero-order chi connectivity index (χ0) is 17.0. The molecule has 2 rings (SSSR count). The van der Waals surface area contributed by atoms with Crippen molar-refractivity contribution in [1.29, 1.82) is 0 Å². The molecule has 0 unspecified atom stereocenters. The van der Waals surface area contributed by atoms with Gasteiger partial charge in [0.15, 0.2) is 0 Å². The van der Waals surface area contributed by atoms with Crippen LogP contribution >= 0.6 is 0 Å². The van der Waals surface area contributed by atoms with Crippen molar-refractivity contribution < 1.29 is 4.79 Å². The molecule has 23 heavy (non-hydrogen) atoms. The topological polar surface area (TPSA) is 61.8 Å². The second-order valence-corrected chi connectivity index (χ2v) is 5.69. The maximum absolute atomic E-state index is 12.3. The summed E-state index contributed by atoms with van der Waals surface area (Å²) >= 11 is 0. The molecule has 2 aromatic carbocycles. The number of para-hydroxylation sites is 2. The lowest BCUT2D eigenvalue weighted by molar-refractivity contribution is -0.115. The number of aryl methyl sites for hydroxylation is 4. The molecule has 5 heteroatoms. The monoisotopic (exact) mass is 311 g/mol. The molecule has 0 fully saturated rings. The molecule has 0 saturated carbocycles. The van der Waals surface area contributed by atoms with Gasteiger partial charge in [-0.15, -0.1) is 4.91 Å². The number of nitrogens with one attached hydrogen (secondary N) is 1. The summed E-state index contributed by atoms with van der Waals surface area (Å²) < 4.78 is 0. The minimum Gasteiger partial charge on any atom is -0.324 e. The maximum atomic E-state index is 12.3. The van der Waals surface area contributed by atoms with Gasteiger partial charge in [0.05, 0.1) is 11.0 Å². The normalized spacial score (nSPS) is 10.3. The summed E-state index contributed by atoms with van der Waals surface area (Å²) in [5.41, 5.74) is 5.24. The van der Waals surface area contributed by atoms with Gasteiger partial charge in [-0.2, -0.15) is 0 Å². The Morgan fingerprint density at radius 3 is 1.91 bits per heavy atom. The average Bonchev–Trinajstić information content (AvgIpc) is 2.50. The molecule has 1 amide bonds. The Labute approximate surface area is 136 Å². The van der Waals surface area contributed by atoms with E-state index in [1.54, 1.807) is 0 Å². The number of carbonyl (C=O) groups is 1. The first kappa shape index (κ1) is 16.7. The second kappa shape index (κ2) is 7.05. The number of carbonyl (C=O) groups excluding carboxylic acids is 1. The number of hydrogen-bond donors (Lipinski definition) is 1. The van der Waals surface area contributed by atoms with Crippen LogP contribution in [0.25, 0.3) is 0 Å². The van der Waals surface area contributed by atoms with Gasteiger partial charge in [-0.05, 0) is 49.9 Å². The van der Waals surface area contributed by atoms with Crippen LogP contribution < -0.4 is 10.3 Å². The van der Waals surface area contributed by atoms with Crippen molar-refractivity contribution >= 4 is 17.3 Å². The van der Waals surface area contributed by atoms with Gasteiger partial charge >= 0.3 is 0 Å². The van der Waals surface area contributed by atoms with E-state index in [2.05, 4.69) is 10.6 Å². The van der Waals surface area contributed by atoms with E-state index in [9.17, 15) is 9.70 Å². The Bertz CT molecular complexity index is 701. The first-order valence-electron chi connectivity index (χ1n) is 7.47. The van der Waals surface area contributed by atoms with E-state index in [-0.39, 0.29) is 12.5 Å². The maximum Gasteiger partial charge on any atom is 0.246 e. The molecule has 1 N–H and O–H groups in total. The van der Waals surface area contributed by atoms with Crippen molar-refractivity contribution in [3.05, 3.63) is 63.6 Å². The first-order valence-corrected chi connectivity index (χ1v) is 7.47. The molecule has 0 aliphatic heterocycles. The molecule has 0 bridgehead atoms. The second-order valence-electron chi connectivity index (χ2n) is 5.69. The number of rotatable bonds is 5. The van der Waals surface area contributed by atoms with E-state index < -0.39 is 0 Å². The molecule has 0 heterocycles. The SMILES string of the molecule is Cc1cccc(C)c1NC(=O)CN(N=O)c1c(C)cccc1C. The Kier molecular flexibility index (Phi) is 5.11. The quantitative estimate of drug-likeness (QED) is 0.669. The van der Waals surface area contributed by atoms with E-state index >= 15 is 0 Å². The number of amides is 1. The molecular weight excluding hydrogens is 290 g/mol. The number of nitrogens with zero attached hydrogens (tertiary/aromatic N) is 2. The average molecular weight is 311 g/mol. The molecular formula is C18H21N3O2. The van der Waals surface area contributed by atoms with Crippen molar-refractivity contribution in [2.75, 3.05) is 16.9 Å². The van der Waals surface area contributed by atoms with Gasteiger partial charge in [-0.3, -0.25) is 4.79 Å². The van der Waals surface area contributed by atoms with Crippen LogP contribution in [0.3, 0.4) is 0 Å². The summed E-state index contributed by atoms with van der Waals surface area (Å²) in [4.78, 5) is 23.6. The lowest BCUT2D eigenvalue weighted by atomic mass is 10.1. The van der Waals surface area contributed by atoms with E-state index in [0.717, 1.165) is 27.9 Å². The molecule has 0 spiro atoms. The van der Waals surface area contributed by atoms with E-state index in [4.69, 9.17) is 0 Å². The highest BCUT2D eigenvalue weighted by Crippen LogP contribution is 2.25. The van der Waals surface area contributed by atoms with Crippen molar-refractivity contribution in [2.24, 2.45) is 5.29 Å². The van der Waals surface area contributed by atoms with Crippen LogP contribution in [0.5, 0.6) is 0 Å². The van der Waals surface area contributed by atoms with Gasteiger partial charge in [-0.1, -0.05) is 36.4 Å². The van der Waals surface area contributed by atoms with Gasteiger partial charge in [0, 0.05) is 5.69 Å². The van der Waals surface area contributed by atoms with Crippen molar-refractivity contribution in [2.45, 2.75) is 27.7 Å². The third-order valence-corrected chi connectivity index (χ3v) is 3.84. The number of nitroso groups, excluding NO2 is 1. The number of benzene rings is 2. The fourth-order valence-electron chi connectivity index (χ4n) is 2.69. The lowest BCUT2D eigenvalue weighted by Crippen LogP contribution is -2.30. The molecule has 120 valence electrons. The minimum absolute atomic E-state index is 0.122. The lowest BCUT2D eigenvalue weighted by Gasteiger charge is -2.20. The zero-order valence-corrected chi connectivity index (χ0v) is 13.9. The third kappa shape index (κ3) is 3.74. The summed E-state index contributed by atoms with van der Waals surface area (Å²) in [5, 5.41) is 7.10. The molecule has 0 radical (unpaired) electrons. The van der Waals surface area contributed by atoms with Gasteiger partial charge in [-0.25, -0.2) is 5.01 Å². The van der Waals surface area contributed by atoms with Gasteiger partial charge in [0.25, 0.3) is 0 Å². The highest BCUT2D eigenvalue weighted by Gasteiger charge is 2.17. The summed E-state index contributed by atoms with van der Waals surface area (Å²) in [5.74, 6) is -0.273. The van der Waals surface area contributed by atoms with E-state index in [0.29, 0.717) is 5.69 Å². The third-order valence-electron chi connectivity index (χ3n) is 3.84. The molecule has 0 aromatic heterocycles. The van der Waals surface area contributed by atoms with Crippen LogP contribution in [-0.4, -0.2) is 12.5 Å². The van der Waals surface area contributed by atoms with Gasteiger partial charge in [0.1, 0.15) is 6.54 Å². The molecule has 2 aromatic rings. The van der Waals surface area contributed by atoms with Crippen LogP contribution in [-0.2, 0) is 4.79 Å². The Balaban J connectivity index is 2.19. The number of anilines is 2. The zero-order valence-electron chi connectivity index (χ0n) is 13.9. The molecule has 0 atom stereocenters. The van der Waals surface area contributed by atoms with Crippen LogP contribution in [0, 0.1) is 32.6 Å². The molecule has 0 saturated heterocycles. The van der Waals surface area contributed by atoms with Gasteiger partial charge in [0.2, 0.25) is 5.91 Å². The standard InChI is InChI=1S/C18H21N3O2/c1-12-7-5-8-13(2)17(12)19-16(22)11-21(20-23)18-14(3)9-6-10-15(18)4/h5-10H,11H2,1-4H3,(H,19,22). The van der Waals surface area contributed by atoms with Crippen molar-refractivity contribution in [1.82, 2.24) is 0 Å². The largest absolute Gasteiger partial charge is 0.324 e. The van der Waals surface area contributed by atoms with Crippen LogP contribution in [0.1, 0.15) is 22.3 Å². The van der Waals surface area contributed by atoms with Gasteiger partial charge < -0.3 is 5.32 Å². The number of hydrogen-bond acceptors (Lipinski definition) is 3. The van der Waals surface area contributed by atoms with Crippen LogP contribution in [0.15, 0.2) is 41.7 Å². The van der Waals surface area contributed by atoms with Crippen LogP contribution in [0.4, 0.5) is 11.4 Å². The fourth-order valence-corrected chi connectivity index (χ4v) is 2.69. The van der Waals surface area contributed by atoms with E-state index in [1.165, 1.54) is 5.01 Å². The predicted molar refractivity (Wildman–Crippen MR) is 93.6 cm³/mol. The molecule has 0 aliphatic carbocycles.